The number of amides is 7. The third-order valence-electron chi connectivity index (χ3n) is 8.20. The molecule has 308 valence electrons. The van der Waals surface area contributed by atoms with Crippen molar-refractivity contribution < 1.29 is 53.4 Å². The van der Waals surface area contributed by atoms with E-state index in [1.54, 1.807) is 27.7 Å². The van der Waals surface area contributed by atoms with Crippen molar-refractivity contribution in [2.24, 2.45) is 29.0 Å². The Hall–Kier alpha value is -5.64. The molecule has 55 heavy (non-hydrogen) atoms. The van der Waals surface area contributed by atoms with Gasteiger partial charge in [0.1, 0.15) is 36.3 Å². The average Bonchev–Trinajstić information content (AvgIpc) is 3.60. The first kappa shape index (κ1) is 47.4. The Balaban J connectivity index is 3.09. The minimum Gasteiger partial charge on any atom is -0.481 e. The number of hydrogen-bond acceptors (Lipinski definition) is 12. The number of carboxylic acid groups (broad SMARTS) is 2. The van der Waals surface area contributed by atoms with E-state index in [0.717, 1.165) is 0 Å². The summed E-state index contributed by atoms with van der Waals surface area (Å²) >= 11 is 0. The maximum atomic E-state index is 13.5. The Morgan fingerprint density at radius 1 is 0.691 bits per heavy atom. The van der Waals surface area contributed by atoms with E-state index in [4.69, 9.17) is 22.3 Å². The van der Waals surface area contributed by atoms with Crippen molar-refractivity contribution in [3.63, 3.8) is 0 Å². The minimum absolute atomic E-state index is 0.0124. The highest BCUT2D eigenvalue weighted by Gasteiger charge is 2.35. The van der Waals surface area contributed by atoms with Gasteiger partial charge in [0, 0.05) is 18.3 Å². The largest absolute Gasteiger partial charge is 0.481 e. The van der Waals surface area contributed by atoms with Gasteiger partial charge < -0.3 is 64.3 Å². The average molecular weight is 782 g/mol. The number of aromatic amines is 1. The molecule has 0 aliphatic rings. The molecule has 1 aromatic rings. The number of rotatable bonds is 25. The molecular formula is C33H55N11O11. The number of H-pyrrole nitrogens is 1. The molecule has 7 atom stereocenters. The molecule has 0 aromatic carbocycles. The Labute approximate surface area is 317 Å². The van der Waals surface area contributed by atoms with Gasteiger partial charge in [0.05, 0.1) is 25.2 Å². The molecule has 15 N–H and O–H groups in total. The standard InChI is InChI=1S/C33H55N11O11/c1-15(2)25(31(52)41-21(11-23(36)45)30(51)42-22(33(54)55)12-24(46)47)44-32(53)26(16(3)4)43-27(48)17(5)39-29(50)20(10-18-13-37-14-38-18)40-28(49)19(35)8-6-7-9-34/h13-17,19-22,25-26H,6-12,34-35H2,1-5H3,(H2,36,45)(H,37,38)(H,39,50)(H,40,49)(H,41,52)(H,42,51)(H,43,48)(H,44,53)(H,46,47)(H,54,55)/t17-,19-,20-,21-,22-,25-,26-/m0/s1. The Kier molecular flexibility index (Phi) is 20.0. The second-order valence-corrected chi connectivity index (χ2v) is 13.7. The van der Waals surface area contributed by atoms with Gasteiger partial charge in [0.2, 0.25) is 41.4 Å². The Morgan fingerprint density at radius 2 is 1.22 bits per heavy atom. The molecule has 0 bridgehead atoms. The molecule has 22 nitrogen and oxygen atoms in total. The van der Waals surface area contributed by atoms with E-state index in [0.29, 0.717) is 31.5 Å². The molecule has 1 aromatic heterocycles. The summed E-state index contributed by atoms with van der Waals surface area (Å²) in [6.07, 6.45) is 2.65. The minimum atomic E-state index is -1.89. The van der Waals surface area contributed by atoms with Crippen LogP contribution in [0.5, 0.6) is 0 Å². The van der Waals surface area contributed by atoms with E-state index >= 15 is 0 Å². The molecule has 0 unspecified atom stereocenters. The summed E-state index contributed by atoms with van der Waals surface area (Å²) in [4.78, 5) is 120. The van der Waals surface area contributed by atoms with Crippen molar-refractivity contribution >= 4 is 53.3 Å². The lowest BCUT2D eigenvalue weighted by molar-refractivity contribution is -0.147. The SMILES string of the molecule is CC(C)[C@H](NC(=O)[C@H](C)NC(=O)[C@H](Cc1cnc[nH]1)NC(=O)[C@@H](N)CCCCN)C(=O)N[C@H](C(=O)N[C@@H](CC(N)=O)C(=O)N[C@@H](CC(=O)O)C(=O)O)C(C)C. The number of unbranched alkanes of at least 4 members (excludes halogenated alkanes) is 1. The number of hydrogen-bond donors (Lipinski definition) is 12. The van der Waals surface area contributed by atoms with E-state index in [9.17, 15) is 48.3 Å². The predicted molar refractivity (Wildman–Crippen MR) is 194 cm³/mol. The van der Waals surface area contributed by atoms with Gasteiger partial charge in [-0.2, -0.15) is 0 Å². The first-order valence-corrected chi connectivity index (χ1v) is 17.7. The van der Waals surface area contributed by atoms with Gasteiger partial charge in [0.15, 0.2) is 0 Å². The molecule has 0 aliphatic carbocycles. The van der Waals surface area contributed by atoms with Crippen molar-refractivity contribution in [3.05, 3.63) is 18.2 Å². The second kappa shape index (κ2) is 23.2. The van der Waals surface area contributed by atoms with Crippen LogP contribution in [0.1, 0.15) is 72.4 Å². The van der Waals surface area contributed by atoms with Crippen LogP contribution >= 0.6 is 0 Å². The zero-order chi connectivity index (χ0) is 42.0. The van der Waals surface area contributed by atoms with Crippen molar-refractivity contribution in [2.45, 2.75) is 115 Å². The first-order valence-electron chi connectivity index (χ1n) is 17.7. The number of nitrogens with two attached hydrogens (primary N) is 3. The van der Waals surface area contributed by atoms with Gasteiger partial charge in [0.25, 0.3) is 0 Å². The Bertz CT molecular complexity index is 1500. The van der Waals surface area contributed by atoms with Crippen LogP contribution in [0.25, 0.3) is 0 Å². The molecule has 0 spiro atoms. The predicted octanol–water partition coefficient (Wildman–Crippen LogP) is -3.92. The Morgan fingerprint density at radius 3 is 1.71 bits per heavy atom. The summed E-state index contributed by atoms with van der Waals surface area (Å²) in [6, 6.07) is -9.56. The van der Waals surface area contributed by atoms with Crippen LogP contribution in [-0.2, 0) is 49.6 Å². The third-order valence-corrected chi connectivity index (χ3v) is 8.20. The van der Waals surface area contributed by atoms with Crippen molar-refractivity contribution in [3.8, 4) is 0 Å². The fraction of sp³-hybridized carbons (Fsp3) is 0.636. The monoisotopic (exact) mass is 781 g/mol. The van der Waals surface area contributed by atoms with E-state index in [1.807, 2.05) is 5.32 Å². The lowest BCUT2D eigenvalue weighted by Gasteiger charge is -2.29. The van der Waals surface area contributed by atoms with Gasteiger partial charge in [-0.05, 0) is 38.1 Å². The van der Waals surface area contributed by atoms with Crippen LogP contribution < -0.4 is 49.1 Å². The van der Waals surface area contributed by atoms with Crippen LogP contribution in [0.3, 0.4) is 0 Å². The fourth-order valence-corrected chi connectivity index (χ4v) is 5.03. The molecule has 0 aliphatic heterocycles. The van der Waals surface area contributed by atoms with Gasteiger partial charge in [-0.25, -0.2) is 9.78 Å². The van der Waals surface area contributed by atoms with E-state index in [2.05, 4.69) is 36.6 Å². The highest BCUT2D eigenvalue weighted by molar-refractivity contribution is 5.98. The van der Waals surface area contributed by atoms with Crippen LogP contribution in [0.4, 0.5) is 0 Å². The van der Waals surface area contributed by atoms with E-state index in [-0.39, 0.29) is 6.42 Å². The number of carbonyl (C=O) groups is 9. The smallest absolute Gasteiger partial charge is 0.326 e. The molecule has 0 saturated carbocycles. The van der Waals surface area contributed by atoms with Crippen LogP contribution in [-0.4, -0.2) is 122 Å². The topological polar surface area (TPSA) is 373 Å². The number of imidazole rings is 1. The summed E-state index contributed by atoms with van der Waals surface area (Å²) in [5.41, 5.74) is 17.2. The summed E-state index contributed by atoms with van der Waals surface area (Å²) in [7, 11) is 0. The van der Waals surface area contributed by atoms with Crippen molar-refractivity contribution in [1.29, 1.82) is 0 Å². The number of aromatic nitrogens is 2. The number of aliphatic carboxylic acids is 2. The normalized spacial score (nSPS) is 14.9. The maximum absolute atomic E-state index is 13.5. The zero-order valence-corrected chi connectivity index (χ0v) is 31.5. The summed E-state index contributed by atoms with van der Waals surface area (Å²) in [5, 5.41) is 32.6. The van der Waals surface area contributed by atoms with Crippen LogP contribution in [0, 0.1) is 11.8 Å². The molecule has 1 rings (SSSR count). The fourth-order valence-electron chi connectivity index (χ4n) is 5.03. The van der Waals surface area contributed by atoms with Gasteiger partial charge in [-0.1, -0.05) is 34.1 Å². The summed E-state index contributed by atoms with van der Waals surface area (Å²) < 4.78 is 0. The molecule has 0 saturated heterocycles. The van der Waals surface area contributed by atoms with Crippen LogP contribution in [0.15, 0.2) is 12.5 Å². The van der Waals surface area contributed by atoms with E-state index < -0.39 is 120 Å². The van der Waals surface area contributed by atoms with Crippen molar-refractivity contribution in [2.75, 3.05) is 6.54 Å². The number of nitrogens with zero attached hydrogens (tertiary/aromatic N) is 1. The third kappa shape index (κ3) is 16.9. The van der Waals surface area contributed by atoms with E-state index in [1.165, 1.54) is 19.4 Å². The molecule has 0 radical (unpaired) electrons. The maximum Gasteiger partial charge on any atom is 0.326 e. The van der Waals surface area contributed by atoms with Gasteiger partial charge in [-0.15, -0.1) is 0 Å². The highest BCUT2D eigenvalue weighted by atomic mass is 16.4. The highest BCUT2D eigenvalue weighted by Crippen LogP contribution is 2.09. The lowest BCUT2D eigenvalue weighted by atomic mass is 9.99. The molecule has 1 heterocycles. The first-order chi connectivity index (χ1) is 25.7. The molecule has 0 fully saturated rings. The number of carboxylic acids is 2. The van der Waals surface area contributed by atoms with Crippen LogP contribution in [0.2, 0.25) is 0 Å². The van der Waals surface area contributed by atoms with Gasteiger partial charge in [-0.3, -0.25) is 38.4 Å². The van der Waals surface area contributed by atoms with Gasteiger partial charge >= 0.3 is 11.9 Å². The lowest BCUT2D eigenvalue weighted by Crippen LogP contribution is -2.61. The zero-order valence-electron chi connectivity index (χ0n) is 31.5. The number of carbonyl (C=O) groups excluding carboxylic acids is 7. The quantitative estimate of drug-likeness (QED) is 0.0422. The summed E-state index contributed by atoms with van der Waals surface area (Å²) in [6.45, 7) is 8.10. The molecule has 7 amide bonds. The number of nitrogens with one attached hydrogen (secondary N) is 7. The number of primary amides is 1. The van der Waals surface area contributed by atoms with Crippen molar-refractivity contribution in [1.82, 2.24) is 41.9 Å². The second-order valence-electron chi connectivity index (χ2n) is 13.7. The molecular weight excluding hydrogens is 726 g/mol. The molecule has 22 heteroatoms. The summed E-state index contributed by atoms with van der Waals surface area (Å²) in [5.74, 6) is -10.6.